The van der Waals surface area contributed by atoms with Gasteiger partial charge in [0.1, 0.15) is 6.04 Å². The number of piperazine rings is 1. The summed E-state index contributed by atoms with van der Waals surface area (Å²) in [5.41, 5.74) is 0. The number of nitrogens with one attached hydrogen (secondary N) is 1. The molecule has 1 aromatic heterocycles. The Labute approximate surface area is 160 Å². The summed E-state index contributed by atoms with van der Waals surface area (Å²) in [5, 5.41) is 2.92. The van der Waals surface area contributed by atoms with Gasteiger partial charge in [-0.05, 0) is 24.8 Å². The summed E-state index contributed by atoms with van der Waals surface area (Å²) in [7, 11) is 0. The Hall–Kier alpha value is -2.22. The summed E-state index contributed by atoms with van der Waals surface area (Å²) in [6.07, 6.45) is 4.47. The highest BCUT2D eigenvalue weighted by atomic mass is 16.6. The van der Waals surface area contributed by atoms with Gasteiger partial charge in [0.15, 0.2) is 6.10 Å². The van der Waals surface area contributed by atoms with Gasteiger partial charge in [-0.25, -0.2) is 9.97 Å². The molecule has 8 nitrogen and oxygen atoms in total. The maximum Gasteiger partial charge on any atom is 0.252 e. The molecule has 2 aliphatic heterocycles. The molecule has 2 saturated heterocycles. The van der Waals surface area contributed by atoms with Crippen molar-refractivity contribution in [2.24, 2.45) is 5.92 Å². The third-order valence-electron chi connectivity index (χ3n) is 4.99. The first kappa shape index (κ1) is 19.5. The minimum atomic E-state index is -0.501. The van der Waals surface area contributed by atoms with E-state index in [0.29, 0.717) is 44.5 Å². The molecule has 3 rings (SSSR count). The highest BCUT2D eigenvalue weighted by Gasteiger charge is 2.44. The summed E-state index contributed by atoms with van der Waals surface area (Å²) in [6, 6.07) is 1.29. The molecule has 8 heteroatoms. The van der Waals surface area contributed by atoms with Crippen LogP contribution in [0.1, 0.15) is 33.6 Å². The van der Waals surface area contributed by atoms with Gasteiger partial charge in [0.05, 0.1) is 6.10 Å². The van der Waals surface area contributed by atoms with Gasteiger partial charge in [0.25, 0.3) is 5.91 Å². The van der Waals surface area contributed by atoms with Gasteiger partial charge in [0.2, 0.25) is 11.9 Å². The quantitative estimate of drug-likeness (QED) is 0.710. The van der Waals surface area contributed by atoms with Gasteiger partial charge in [-0.3, -0.25) is 9.59 Å². The van der Waals surface area contributed by atoms with Gasteiger partial charge in [-0.1, -0.05) is 20.8 Å². The Bertz CT molecular complexity index is 646. The van der Waals surface area contributed by atoms with Crippen molar-refractivity contribution in [3.63, 3.8) is 0 Å². The number of rotatable bonds is 7. The first-order valence-electron chi connectivity index (χ1n) is 9.76. The monoisotopic (exact) mass is 375 g/mol. The molecule has 0 saturated carbocycles. The minimum absolute atomic E-state index is 0.00535. The molecule has 3 atom stereocenters. The van der Waals surface area contributed by atoms with Crippen LogP contribution in [0.15, 0.2) is 18.5 Å². The number of epoxide rings is 1. The molecular weight excluding hydrogens is 346 g/mol. The Balaban J connectivity index is 1.57. The maximum absolute atomic E-state index is 13.0. The van der Waals surface area contributed by atoms with E-state index in [1.807, 2.05) is 11.8 Å². The lowest BCUT2D eigenvalue weighted by Gasteiger charge is -2.36. The van der Waals surface area contributed by atoms with Crippen LogP contribution in [0.5, 0.6) is 0 Å². The summed E-state index contributed by atoms with van der Waals surface area (Å²) in [5.74, 6) is 0.810. The van der Waals surface area contributed by atoms with E-state index >= 15 is 0 Å². The Kier molecular flexibility index (Phi) is 6.26. The fourth-order valence-corrected chi connectivity index (χ4v) is 3.43. The van der Waals surface area contributed by atoms with Crippen LogP contribution in [0.2, 0.25) is 0 Å². The van der Waals surface area contributed by atoms with Crippen LogP contribution >= 0.6 is 0 Å². The molecule has 0 aliphatic carbocycles. The first-order valence-corrected chi connectivity index (χ1v) is 9.76. The van der Waals surface area contributed by atoms with Crippen molar-refractivity contribution in [3.05, 3.63) is 18.5 Å². The number of nitrogens with zero attached hydrogens (tertiary/aromatic N) is 4. The van der Waals surface area contributed by atoms with Crippen LogP contribution < -0.4 is 10.2 Å². The zero-order chi connectivity index (χ0) is 19.4. The Morgan fingerprint density at radius 3 is 2.44 bits per heavy atom. The molecule has 2 fully saturated rings. The van der Waals surface area contributed by atoms with E-state index in [1.165, 1.54) is 0 Å². The molecule has 0 bridgehead atoms. The fourth-order valence-electron chi connectivity index (χ4n) is 3.43. The van der Waals surface area contributed by atoms with Crippen molar-refractivity contribution in [2.75, 3.05) is 31.1 Å². The van der Waals surface area contributed by atoms with E-state index in [2.05, 4.69) is 34.0 Å². The third kappa shape index (κ3) is 4.94. The van der Waals surface area contributed by atoms with Gasteiger partial charge in [0, 0.05) is 38.6 Å². The van der Waals surface area contributed by atoms with Crippen molar-refractivity contribution in [2.45, 2.75) is 51.9 Å². The van der Waals surface area contributed by atoms with Crippen molar-refractivity contribution in [1.82, 2.24) is 20.2 Å². The van der Waals surface area contributed by atoms with Crippen molar-refractivity contribution in [3.8, 4) is 0 Å². The van der Waals surface area contributed by atoms with Gasteiger partial charge >= 0.3 is 0 Å². The average Bonchev–Trinajstić information content (AvgIpc) is 3.47. The van der Waals surface area contributed by atoms with Crippen LogP contribution in [0.3, 0.4) is 0 Å². The Morgan fingerprint density at radius 2 is 1.89 bits per heavy atom. The molecule has 2 amide bonds. The summed E-state index contributed by atoms with van der Waals surface area (Å²) >= 11 is 0. The number of carbonyl (C=O) groups is 2. The molecule has 0 aromatic carbocycles. The van der Waals surface area contributed by atoms with Gasteiger partial charge < -0.3 is 19.9 Å². The standard InChI is InChI=1S/C19H29N5O3/c1-4-15-16(27-15)17(25)22-14(12-13(2)3)18(26)23-8-10-24(11-9-23)19-20-6-5-7-21-19/h5-7,13-16H,4,8-12H2,1-3H3,(H,22,25)/t14-,15+,16+/m0/s1. The molecule has 3 heterocycles. The smallest absolute Gasteiger partial charge is 0.252 e. The topological polar surface area (TPSA) is 91.0 Å². The average molecular weight is 375 g/mol. The fraction of sp³-hybridized carbons (Fsp3) is 0.684. The molecule has 1 N–H and O–H groups in total. The van der Waals surface area contributed by atoms with E-state index < -0.39 is 12.1 Å². The number of ether oxygens (including phenoxy) is 1. The van der Waals surface area contributed by atoms with Crippen LogP contribution in [0.25, 0.3) is 0 Å². The van der Waals surface area contributed by atoms with Crippen LogP contribution in [-0.2, 0) is 14.3 Å². The molecule has 148 valence electrons. The zero-order valence-corrected chi connectivity index (χ0v) is 16.3. The van der Waals surface area contributed by atoms with Crippen molar-refractivity contribution >= 4 is 17.8 Å². The molecule has 0 spiro atoms. The zero-order valence-electron chi connectivity index (χ0n) is 16.3. The summed E-state index contributed by atoms with van der Waals surface area (Å²) < 4.78 is 5.36. The lowest BCUT2D eigenvalue weighted by Crippen LogP contribution is -2.56. The maximum atomic E-state index is 13.0. The normalized spacial score (nSPS) is 23.3. The lowest BCUT2D eigenvalue weighted by atomic mass is 10.0. The van der Waals surface area contributed by atoms with E-state index in [-0.39, 0.29) is 17.9 Å². The second kappa shape index (κ2) is 8.65. The minimum Gasteiger partial charge on any atom is -0.359 e. The molecule has 1 aromatic rings. The van der Waals surface area contributed by atoms with Gasteiger partial charge in [-0.15, -0.1) is 0 Å². The van der Waals surface area contributed by atoms with Crippen molar-refractivity contribution < 1.29 is 14.3 Å². The predicted molar refractivity (Wildman–Crippen MR) is 101 cm³/mol. The SMILES string of the molecule is CC[C@H]1O[C@H]1C(=O)N[C@@H](CC(C)C)C(=O)N1CCN(c2ncccn2)CC1. The largest absolute Gasteiger partial charge is 0.359 e. The van der Waals surface area contributed by atoms with Crippen molar-refractivity contribution in [1.29, 1.82) is 0 Å². The molecule has 0 unspecified atom stereocenters. The molecule has 0 radical (unpaired) electrons. The summed E-state index contributed by atoms with van der Waals surface area (Å²) in [6.45, 7) is 8.66. The van der Waals surface area contributed by atoms with E-state index in [4.69, 9.17) is 4.74 Å². The van der Waals surface area contributed by atoms with Crippen LogP contribution in [-0.4, -0.2) is 71.1 Å². The first-order chi connectivity index (χ1) is 13.0. The van der Waals surface area contributed by atoms with E-state index in [1.54, 1.807) is 18.5 Å². The highest BCUT2D eigenvalue weighted by molar-refractivity contribution is 5.90. The van der Waals surface area contributed by atoms with Crippen LogP contribution in [0.4, 0.5) is 5.95 Å². The molecule has 2 aliphatic rings. The number of hydrogen-bond acceptors (Lipinski definition) is 6. The number of aromatic nitrogens is 2. The number of hydrogen-bond donors (Lipinski definition) is 1. The van der Waals surface area contributed by atoms with Gasteiger partial charge in [-0.2, -0.15) is 0 Å². The predicted octanol–water partition coefficient (Wildman–Crippen LogP) is 0.834. The third-order valence-corrected chi connectivity index (χ3v) is 4.99. The highest BCUT2D eigenvalue weighted by Crippen LogP contribution is 2.25. The number of anilines is 1. The molecular formula is C19H29N5O3. The van der Waals surface area contributed by atoms with E-state index in [9.17, 15) is 9.59 Å². The Morgan fingerprint density at radius 1 is 1.22 bits per heavy atom. The second-order valence-electron chi connectivity index (χ2n) is 7.56. The lowest BCUT2D eigenvalue weighted by molar-refractivity contribution is -0.137. The molecule has 27 heavy (non-hydrogen) atoms. The second-order valence-corrected chi connectivity index (χ2v) is 7.56. The van der Waals surface area contributed by atoms with E-state index in [0.717, 1.165) is 6.42 Å². The number of carbonyl (C=O) groups excluding carboxylic acids is 2. The van der Waals surface area contributed by atoms with Crippen LogP contribution in [0, 0.1) is 5.92 Å². The summed E-state index contributed by atoms with van der Waals surface area (Å²) in [4.78, 5) is 37.8. The number of amides is 2.